The Labute approximate surface area is 149 Å². The lowest BCUT2D eigenvalue weighted by Crippen LogP contribution is -2.06. The summed E-state index contributed by atoms with van der Waals surface area (Å²) >= 11 is 0. The third-order valence-corrected chi connectivity index (χ3v) is 4.50. The maximum Gasteiger partial charge on any atom is 0.241 e. The number of unbranched alkanes of at least 4 members (excludes halogenated alkanes) is 7. The van der Waals surface area contributed by atoms with Gasteiger partial charge in [-0.15, -0.1) is 0 Å². The van der Waals surface area contributed by atoms with Crippen molar-refractivity contribution >= 4 is 6.21 Å². The Morgan fingerprint density at radius 1 is 0.917 bits per heavy atom. The van der Waals surface area contributed by atoms with E-state index in [9.17, 15) is 0 Å². The van der Waals surface area contributed by atoms with E-state index in [4.69, 9.17) is 4.74 Å². The third kappa shape index (κ3) is 10.5. The number of rotatable bonds is 14. The SMILES string of the molecule is CCCCCCCCCCOc1ccc(C=[N+]CC(C)CC)cc1. The molecule has 0 fully saturated rings. The summed E-state index contributed by atoms with van der Waals surface area (Å²) < 4.78 is 5.82. The smallest absolute Gasteiger partial charge is 0.241 e. The molecule has 0 spiro atoms. The van der Waals surface area contributed by atoms with Gasteiger partial charge in [0.15, 0.2) is 0 Å². The molecule has 1 atom stereocenters. The normalized spacial score (nSPS) is 12.6. The maximum absolute atomic E-state index is 5.82. The second-order valence-electron chi connectivity index (χ2n) is 6.90. The first-order valence-corrected chi connectivity index (χ1v) is 9.99. The lowest BCUT2D eigenvalue weighted by Gasteiger charge is -2.06. The van der Waals surface area contributed by atoms with Crippen LogP contribution in [-0.4, -0.2) is 19.4 Å². The van der Waals surface area contributed by atoms with Gasteiger partial charge < -0.3 is 4.74 Å². The van der Waals surface area contributed by atoms with Gasteiger partial charge in [0.2, 0.25) is 12.8 Å². The molecule has 1 unspecified atom stereocenters. The minimum Gasteiger partial charge on any atom is -0.494 e. The molecule has 135 valence electrons. The van der Waals surface area contributed by atoms with E-state index in [1.807, 2.05) is 6.21 Å². The van der Waals surface area contributed by atoms with Gasteiger partial charge in [0.05, 0.1) is 6.61 Å². The van der Waals surface area contributed by atoms with Crippen LogP contribution in [0.4, 0.5) is 0 Å². The van der Waals surface area contributed by atoms with Crippen molar-refractivity contribution in [1.29, 1.82) is 0 Å². The summed E-state index contributed by atoms with van der Waals surface area (Å²) in [5.41, 5.74) is 1.15. The van der Waals surface area contributed by atoms with Crippen LogP contribution in [0.1, 0.15) is 84.1 Å². The van der Waals surface area contributed by atoms with Crippen LogP contribution in [0, 0.1) is 5.92 Å². The molecular formula is C22H37NO+. The molecule has 0 bridgehead atoms. The first kappa shape index (κ1) is 20.7. The van der Waals surface area contributed by atoms with Crippen molar-refractivity contribution in [3.05, 3.63) is 29.8 Å². The van der Waals surface area contributed by atoms with Crippen LogP contribution in [0.5, 0.6) is 5.75 Å². The van der Waals surface area contributed by atoms with Gasteiger partial charge in [-0.05, 0) is 37.1 Å². The maximum atomic E-state index is 5.82. The third-order valence-electron chi connectivity index (χ3n) is 4.50. The zero-order valence-corrected chi connectivity index (χ0v) is 16.1. The summed E-state index contributed by atoms with van der Waals surface area (Å²) in [5, 5.41) is 0. The molecule has 0 aliphatic heterocycles. The van der Waals surface area contributed by atoms with Crippen molar-refractivity contribution < 1.29 is 4.74 Å². The molecule has 1 aromatic rings. The van der Waals surface area contributed by atoms with Crippen LogP contribution < -0.4 is 9.73 Å². The first-order valence-electron chi connectivity index (χ1n) is 9.99. The van der Waals surface area contributed by atoms with Crippen molar-refractivity contribution in [3.63, 3.8) is 0 Å². The fraction of sp³-hybridized carbons (Fsp3) is 0.682. The molecule has 1 aromatic carbocycles. The number of ether oxygens (including phenoxy) is 1. The predicted octanol–water partition coefficient (Wildman–Crippen LogP) is 6.01. The van der Waals surface area contributed by atoms with Gasteiger partial charge in [-0.25, -0.2) is 0 Å². The molecule has 0 aromatic heterocycles. The number of nitrogens with zero attached hydrogens (tertiary/aromatic N) is 1. The molecule has 0 amide bonds. The highest BCUT2D eigenvalue weighted by molar-refractivity contribution is 5.78. The molecule has 2 heteroatoms. The number of hydrogen-bond donors (Lipinski definition) is 0. The highest BCUT2D eigenvalue weighted by atomic mass is 16.5. The van der Waals surface area contributed by atoms with E-state index < -0.39 is 0 Å². The van der Waals surface area contributed by atoms with Crippen LogP contribution >= 0.6 is 0 Å². The quantitative estimate of drug-likeness (QED) is 0.302. The number of hydrogen-bond acceptors (Lipinski definition) is 2. The van der Waals surface area contributed by atoms with Gasteiger partial charge in [-0.3, -0.25) is 0 Å². The molecule has 1 rings (SSSR count). The molecule has 0 saturated carbocycles. The van der Waals surface area contributed by atoms with E-state index in [2.05, 4.69) is 50.0 Å². The van der Waals surface area contributed by atoms with Crippen LogP contribution in [0.15, 0.2) is 24.3 Å². The summed E-state index contributed by atoms with van der Waals surface area (Å²) in [5.74, 6) is 1.63. The van der Waals surface area contributed by atoms with Crippen molar-refractivity contribution in [1.82, 2.24) is 4.99 Å². The zero-order valence-electron chi connectivity index (χ0n) is 16.1. The molecular weight excluding hydrogens is 294 g/mol. The average Bonchev–Trinajstić information content (AvgIpc) is 2.61. The summed E-state index contributed by atoms with van der Waals surface area (Å²) in [6.45, 7) is 8.45. The fourth-order valence-electron chi connectivity index (χ4n) is 2.54. The Kier molecular flexibility index (Phi) is 12.2. The Hall–Kier alpha value is -1.31. The summed E-state index contributed by atoms with van der Waals surface area (Å²) in [6.07, 6.45) is 13.8. The van der Waals surface area contributed by atoms with Crippen molar-refractivity contribution in [2.45, 2.75) is 78.6 Å². The second-order valence-corrected chi connectivity index (χ2v) is 6.90. The van der Waals surface area contributed by atoms with E-state index in [1.165, 1.54) is 51.4 Å². The zero-order chi connectivity index (χ0) is 17.5. The van der Waals surface area contributed by atoms with E-state index in [0.717, 1.165) is 30.9 Å². The van der Waals surface area contributed by atoms with E-state index in [0.29, 0.717) is 5.92 Å². The van der Waals surface area contributed by atoms with E-state index in [-0.39, 0.29) is 0 Å². The minimum atomic E-state index is 0.663. The first-order chi connectivity index (χ1) is 11.8. The van der Waals surface area contributed by atoms with Crippen molar-refractivity contribution in [3.8, 4) is 5.75 Å². The van der Waals surface area contributed by atoms with Crippen LogP contribution in [0.3, 0.4) is 0 Å². The lowest BCUT2D eigenvalue weighted by atomic mass is 10.1. The number of aliphatic imine (C=N–C) groups is 1. The highest BCUT2D eigenvalue weighted by Gasteiger charge is 2.04. The predicted molar refractivity (Wildman–Crippen MR) is 106 cm³/mol. The van der Waals surface area contributed by atoms with E-state index in [1.54, 1.807) is 0 Å². The van der Waals surface area contributed by atoms with Gasteiger partial charge in [-0.2, -0.15) is 0 Å². The molecule has 0 aliphatic rings. The van der Waals surface area contributed by atoms with Crippen molar-refractivity contribution in [2.24, 2.45) is 5.92 Å². The van der Waals surface area contributed by atoms with Gasteiger partial charge in [0.25, 0.3) is 0 Å². The average molecular weight is 332 g/mol. The summed E-state index contributed by atoms with van der Waals surface area (Å²) in [7, 11) is 0. The van der Waals surface area contributed by atoms with Gasteiger partial charge in [-0.1, -0.05) is 65.7 Å². The van der Waals surface area contributed by atoms with Crippen molar-refractivity contribution in [2.75, 3.05) is 13.2 Å². The Balaban J connectivity index is 2.10. The molecule has 0 N–H and O–H groups in total. The van der Waals surface area contributed by atoms with E-state index >= 15 is 0 Å². The van der Waals surface area contributed by atoms with Crippen LogP contribution in [0.25, 0.3) is 0 Å². The lowest BCUT2D eigenvalue weighted by molar-refractivity contribution is 0.304. The van der Waals surface area contributed by atoms with Crippen LogP contribution in [0.2, 0.25) is 0 Å². The largest absolute Gasteiger partial charge is 0.494 e. The molecule has 0 aliphatic carbocycles. The molecule has 2 nitrogen and oxygen atoms in total. The molecule has 0 saturated heterocycles. The topological polar surface area (TPSA) is 23.3 Å². The summed E-state index contributed by atoms with van der Waals surface area (Å²) in [4.78, 5) is 4.50. The van der Waals surface area contributed by atoms with Gasteiger partial charge >= 0.3 is 0 Å². The molecule has 0 heterocycles. The summed E-state index contributed by atoms with van der Waals surface area (Å²) in [6, 6.07) is 8.27. The standard InChI is InChI=1S/C22H37NO/c1-4-6-7-8-9-10-11-12-17-24-22-15-13-21(14-16-22)19-23-18-20(3)5-2/h13-16,19-20H,4-12,17-18H2,1-3H3/q+1. The molecule has 24 heavy (non-hydrogen) atoms. The fourth-order valence-corrected chi connectivity index (χ4v) is 2.54. The monoisotopic (exact) mass is 331 g/mol. The van der Waals surface area contributed by atoms with Gasteiger partial charge in [0.1, 0.15) is 5.75 Å². The highest BCUT2D eigenvalue weighted by Crippen LogP contribution is 2.13. The Morgan fingerprint density at radius 2 is 1.54 bits per heavy atom. The Morgan fingerprint density at radius 3 is 2.17 bits per heavy atom. The number of benzene rings is 1. The molecule has 1 radical (unpaired) electrons. The Bertz CT molecular complexity index is 424. The van der Waals surface area contributed by atoms with Gasteiger partial charge in [0, 0.05) is 16.5 Å². The second kappa shape index (κ2) is 14.1. The van der Waals surface area contributed by atoms with Crippen LogP contribution in [-0.2, 0) is 0 Å². The minimum absolute atomic E-state index is 0.663.